The number of nitrogens with zero attached hydrogens (tertiary/aromatic N) is 2. The van der Waals surface area contributed by atoms with Crippen molar-refractivity contribution in [1.29, 1.82) is 0 Å². The van der Waals surface area contributed by atoms with Gasteiger partial charge >= 0.3 is 0 Å². The van der Waals surface area contributed by atoms with Gasteiger partial charge in [-0.15, -0.1) is 0 Å². The molecular formula is C13H17ClN4. The Morgan fingerprint density at radius 3 is 2.89 bits per heavy atom. The predicted octanol–water partition coefficient (Wildman–Crippen LogP) is 2.12. The number of likely N-dealkylation sites (N-methyl/N-ethyl adjacent to an activating group) is 1. The summed E-state index contributed by atoms with van der Waals surface area (Å²) in [6, 6.07) is 7.73. The van der Waals surface area contributed by atoms with Gasteiger partial charge in [0.05, 0.1) is 10.7 Å². The molecule has 0 unspecified atom stereocenters. The molecule has 5 heteroatoms. The molecule has 0 aliphatic heterocycles. The summed E-state index contributed by atoms with van der Waals surface area (Å²) in [5, 5.41) is 7.91. The van der Waals surface area contributed by atoms with Crippen LogP contribution < -0.4 is 5.73 Å². The number of aromatic nitrogens is 2. The minimum atomic E-state index is 0.649. The number of hydrogen-bond acceptors (Lipinski definition) is 3. The van der Waals surface area contributed by atoms with Crippen molar-refractivity contribution < 1.29 is 0 Å². The summed E-state index contributed by atoms with van der Waals surface area (Å²) >= 11 is 6.20. The maximum Gasteiger partial charge on any atom is 0.0980 e. The van der Waals surface area contributed by atoms with Crippen LogP contribution in [0.1, 0.15) is 5.56 Å². The molecule has 4 nitrogen and oxygen atoms in total. The molecule has 3 N–H and O–H groups in total. The van der Waals surface area contributed by atoms with Gasteiger partial charge in [0.2, 0.25) is 0 Å². The van der Waals surface area contributed by atoms with Crippen LogP contribution in [0.4, 0.5) is 0 Å². The second kappa shape index (κ2) is 6.00. The molecule has 0 saturated heterocycles. The van der Waals surface area contributed by atoms with E-state index in [1.54, 1.807) is 0 Å². The van der Waals surface area contributed by atoms with Gasteiger partial charge in [0.25, 0.3) is 0 Å². The highest BCUT2D eigenvalue weighted by Crippen LogP contribution is 2.28. The Morgan fingerprint density at radius 1 is 1.39 bits per heavy atom. The molecule has 0 aliphatic rings. The van der Waals surface area contributed by atoms with E-state index in [4.69, 9.17) is 17.3 Å². The number of halogens is 1. The van der Waals surface area contributed by atoms with Gasteiger partial charge in [-0.05, 0) is 13.1 Å². The minimum absolute atomic E-state index is 0.649. The molecule has 0 atom stereocenters. The molecule has 0 saturated carbocycles. The van der Waals surface area contributed by atoms with Crippen LogP contribution in [0.15, 0.2) is 30.5 Å². The van der Waals surface area contributed by atoms with Crippen LogP contribution in [0.3, 0.4) is 0 Å². The average molecular weight is 265 g/mol. The second-order valence-electron chi connectivity index (χ2n) is 4.27. The summed E-state index contributed by atoms with van der Waals surface area (Å²) in [4.78, 5) is 2.16. The minimum Gasteiger partial charge on any atom is -0.329 e. The molecule has 18 heavy (non-hydrogen) atoms. The van der Waals surface area contributed by atoms with Gasteiger partial charge < -0.3 is 10.6 Å². The number of hydrogen-bond donors (Lipinski definition) is 2. The Hall–Kier alpha value is -1.36. The number of rotatable bonds is 5. The van der Waals surface area contributed by atoms with E-state index in [-0.39, 0.29) is 0 Å². The van der Waals surface area contributed by atoms with E-state index < -0.39 is 0 Å². The lowest BCUT2D eigenvalue weighted by atomic mass is 10.1. The maximum absolute atomic E-state index is 6.20. The van der Waals surface area contributed by atoms with Crippen molar-refractivity contribution in [2.24, 2.45) is 5.73 Å². The third-order valence-electron chi connectivity index (χ3n) is 2.80. The number of nitrogens with one attached hydrogen (secondary N) is 1. The van der Waals surface area contributed by atoms with Crippen molar-refractivity contribution in [2.75, 3.05) is 20.1 Å². The fraction of sp³-hybridized carbons (Fsp3) is 0.308. The summed E-state index contributed by atoms with van der Waals surface area (Å²) in [6.45, 7) is 2.30. The molecule has 1 aromatic carbocycles. The fourth-order valence-electron chi connectivity index (χ4n) is 1.91. The fourth-order valence-corrected chi connectivity index (χ4v) is 2.14. The Bertz CT molecular complexity index is 509. The molecule has 0 spiro atoms. The van der Waals surface area contributed by atoms with E-state index in [0.29, 0.717) is 11.6 Å². The van der Waals surface area contributed by atoms with Crippen molar-refractivity contribution in [3.63, 3.8) is 0 Å². The standard InChI is InChI=1S/C13H17ClN4/c1-18(7-6-15)9-10-8-16-17-13(10)11-4-2-3-5-12(11)14/h2-5,8H,6-7,9,15H2,1H3,(H,16,17). The number of benzene rings is 1. The summed E-state index contributed by atoms with van der Waals surface area (Å²) in [5.41, 5.74) is 8.53. The SMILES string of the molecule is CN(CCN)Cc1c[nH]nc1-c1ccccc1Cl. The second-order valence-corrected chi connectivity index (χ2v) is 4.67. The van der Waals surface area contributed by atoms with Crippen molar-refractivity contribution in [3.8, 4) is 11.3 Å². The zero-order valence-corrected chi connectivity index (χ0v) is 11.1. The Kier molecular flexibility index (Phi) is 4.36. The van der Waals surface area contributed by atoms with Gasteiger partial charge in [-0.1, -0.05) is 29.8 Å². The van der Waals surface area contributed by atoms with E-state index in [9.17, 15) is 0 Å². The van der Waals surface area contributed by atoms with E-state index in [1.165, 1.54) is 0 Å². The van der Waals surface area contributed by atoms with Crippen molar-refractivity contribution in [3.05, 3.63) is 41.0 Å². The van der Waals surface area contributed by atoms with E-state index >= 15 is 0 Å². The number of nitrogens with two attached hydrogens (primary N) is 1. The topological polar surface area (TPSA) is 57.9 Å². The van der Waals surface area contributed by atoms with E-state index in [2.05, 4.69) is 15.1 Å². The molecular weight excluding hydrogens is 248 g/mol. The first-order valence-electron chi connectivity index (χ1n) is 5.88. The molecule has 1 heterocycles. The van der Waals surface area contributed by atoms with Gasteiger partial charge in [0.1, 0.15) is 0 Å². The Balaban J connectivity index is 2.25. The lowest BCUT2D eigenvalue weighted by molar-refractivity contribution is 0.337. The molecule has 1 aromatic heterocycles. The normalized spacial score (nSPS) is 11.1. The zero-order valence-electron chi connectivity index (χ0n) is 10.4. The highest BCUT2D eigenvalue weighted by Gasteiger charge is 2.12. The third-order valence-corrected chi connectivity index (χ3v) is 3.13. The van der Waals surface area contributed by atoms with Crippen LogP contribution in [0, 0.1) is 0 Å². The highest BCUT2D eigenvalue weighted by molar-refractivity contribution is 6.33. The van der Waals surface area contributed by atoms with Crippen LogP contribution in [-0.4, -0.2) is 35.2 Å². The first-order valence-corrected chi connectivity index (χ1v) is 6.26. The Labute approximate surface area is 112 Å². The number of H-pyrrole nitrogens is 1. The summed E-state index contributed by atoms with van der Waals surface area (Å²) < 4.78 is 0. The lowest BCUT2D eigenvalue weighted by Crippen LogP contribution is -2.25. The van der Waals surface area contributed by atoms with Gasteiger partial charge in [0.15, 0.2) is 0 Å². The molecule has 2 rings (SSSR count). The smallest absolute Gasteiger partial charge is 0.0980 e. The molecule has 0 aliphatic carbocycles. The van der Waals surface area contributed by atoms with Crippen molar-refractivity contribution in [2.45, 2.75) is 6.54 Å². The molecule has 0 radical (unpaired) electrons. The molecule has 0 bridgehead atoms. The van der Waals surface area contributed by atoms with Crippen LogP contribution in [-0.2, 0) is 6.54 Å². The quantitative estimate of drug-likeness (QED) is 0.870. The summed E-state index contributed by atoms with van der Waals surface area (Å²) in [6.07, 6.45) is 1.91. The summed E-state index contributed by atoms with van der Waals surface area (Å²) in [7, 11) is 2.04. The van der Waals surface area contributed by atoms with Gasteiger partial charge in [-0.3, -0.25) is 5.10 Å². The van der Waals surface area contributed by atoms with Crippen LogP contribution in [0.25, 0.3) is 11.3 Å². The molecule has 0 amide bonds. The molecule has 0 fully saturated rings. The van der Waals surface area contributed by atoms with E-state index in [0.717, 1.165) is 29.9 Å². The first kappa shape index (κ1) is 13.1. The monoisotopic (exact) mass is 264 g/mol. The molecule has 2 aromatic rings. The third kappa shape index (κ3) is 2.90. The van der Waals surface area contributed by atoms with Crippen LogP contribution in [0.5, 0.6) is 0 Å². The predicted molar refractivity (Wildman–Crippen MR) is 74.4 cm³/mol. The number of aromatic amines is 1. The lowest BCUT2D eigenvalue weighted by Gasteiger charge is -2.15. The van der Waals surface area contributed by atoms with Gasteiger partial charge in [0, 0.05) is 37.0 Å². The molecule has 96 valence electrons. The zero-order chi connectivity index (χ0) is 13.0. The van der Waals surface area contributed by atoms with Crippen molar-refractivity contribution in [1.82, 2.24) is 15.1 Å². The first-order chi connectivity index (χ1) is 8.72. The van der Waals surface area contributed by atoms with Gasteiger partial charge in [-0.25, -0.2) is 0 Å². The van der Waals surface area contributed by atoms with Gasteiger partial charge in [-0.2, -0.15) is 5.10 Å². The van der Waals surface area contributed by atoms with E-state index in [1.807, 2.05) is 37.5 Å². The largest absolute Gasteiger partial charge is 0.329 e. The average Bonchev–Trinajstić information content (AvgIpc) is 2.78. The summed E-state index contributed by atoms with van der Waals surface area (Å²) in [5.74, 6) is 0. The van der Waals surface area contributed by atoms with Crippen LogP contribution in [0.2, 0.25) is 5.02 Å². The maximum atomic E-state index is 6.20. The Morgan fingerprint density at radius 2 is 2.17 bits per heavy atom. The van der Waals surface area contributed by atoms with Crippen LogP contribution >= 0.6 is 11.6 Å². The highest BCUT2D eigenvalue weighted by atomic mass is 35.5. The van der Waals surface area contributed by atoms with Crippen molar-refractivity contribution >= 4 is 11.6 Å².